The monoisotopic (exact) mass is 443 g/mol. The lowest BCUT2D eigenvalue weighted by molar-refractivity contribution is 0.102. The Labute approximate surface area is 185 Å². The van der Waals surface area contributed by atoms with Gasteiger partial charge in [-0.1, -0.05) is 19.9 Å². The lowest BCUT2D eigenvalue weighted by atomic mass is 10.1. The maximum Gasteiger partial charge on any atom is 0.256 e. The van der Waals surface area contributed by atoms with Crippen LogP contribution in [0.3, 0.4) is 0 Å². The van der Waals surface area contributed by atoms with Crippen molar-refractivity contribution in [3.05, 3.63) is 47.5 Å². The van der Waals surface area contributed by atoms with Crippen molar-refractivity contribution in [2.75, 3.05) is 44.4 Å². The van der Waals surface area contributed by atoms with Gasteiger partial charge in [0.05, 0.1) is 7.11 Å². The van der Waals surface area contributed by atoms with Crippen molar-refractivity contribution in [1.29, 1.82) is 0 Å². The molecule has 0 spiro atoms. The van der Waals surface area contributed by atoms with E-state index in [1.54, 1.807) is 37.4 Å². The van der Waals surface area contributed by atoms with Crippen LogP contribution in [0.25, 0.3) is 0 Å². The Hall–Kier alpha value is -2.15. The number of halogens is 2. The fourth-order valence-electron chi connectivity index (χ4n) is 2.77. The van der Waals surface area contributed by atoms with Crippen LogP contribution in [-0.2, 0) is 0 Å². The van der Waals surface area contributed by atoms with Crippen LogP contribution in [0.15, 0.2) is 36.4 Å². The van der Waals surface area contributed by atoms with E-state index in [4.69, 9.17) is 15.2 Å². The van der Waals surface area contributed by atoms with Crippen LogP contribution < -0.4 is 20.5 Å². The van der Waals surface area contributed by atoms with Crippen molar-refractivity contribution in [2.45, 2.75) is 20.8 Å². The standard InChI is InChI=1S/C21H29N3O3.2ClH/c1-5-24(6-2)11-12-27-20-14-17(9-10-19(20)26-4)23-21(25)18-13-16(22)8-7-15(18)3;;/h7-10,13-14H,5-6,11-12,22H2,1-4H3,(H,23,25);2*1H. The molecule has 0 saturated carbocycles. The summed E-state index contributed by atoms with van der Waals surface area (Å²) in [7, 11) is 1.60. The van der Waals surface area contributed by atoms with E-state index >= 15 is 0 Å². The number of benzene rings is 2. The predicted molar refractivity (Wildman–Crippen MR) is 124 cm³/mol. The number of hydrogen-bond donors (Lipinski definition) is 2. The molecule has 0 aliphatic heterocycles. The molecular weight excluding hydrogens is 413 g/mol. The molecule has 8 heteroatoms. The fraction of sp³-hybridized carbons (Fsp3) is 0.381. The van der Waals surface area contributed by atoms with Crippen LogP contribution in [0, 0.1) is 6.92 Å². The SMILES string of the molecule is CCN(CC)CCOc1cc(NC(=O)c2cc(N)ccc2C)ccc1OC.Cl.Cl. The number of anilines is 2. The summed E-state index contributed by atoms with van der Waals surface area (Å²) in [5.41, 5.74) is 8.42. The Morgan fingerprint density at radius 1 is 1.07 bits per heavy atom. The summed E-state index contributed by atoms with van der Waals surface area (Å²) < 4.78 is 11.3. The summed E-state index contributed by atoms with van der Waals surface area (Å²) in [5.74, 6) is 1.03. The third kappa shape index (κ3) is 7.65. The molecule has 0 aromatic heterocycles. The molecule has 0 radical (unpaired) electrons. The average molecular weight is 444 g/mol. The van der Waals surface area contributed by atoms with Crippen LogP contribution in [-0.4, -0.2) is 44.2 Å². The molecule has 0 atom stereocenters. The number of nitrogen functional groups attached to an aromatic ring is 1. The number of nitrogens with zero attached hydrogens (tertiary/aromatic N) is 1. The predicted octanol–water partition coefficient (Wildman–Crippen LogP) is 4.40. The molecule has 29 heavy (non-hydrogen) atoms. The third-order valence-electron chi connectivity index (χ3n) is 4.49. The lowest BCUT2D eigenvalue weighted by Gasteiger charge is -2.19. The highest BCUT2D eigenvalue weighted by molar-refractivity contribution is 6.05. The maximum atomic E-state index is 12.6. The number of carbonyl (C=O) groups is 1. The minimum Gasteiger partial charge on any atom is -0.493 e. The van der Waals surface area contributed by atoms with E-state index in [9.17, 15) is 4.79 Å². The molecule has 6 nitrogen and oxygen atoms in total. The first-order valence-corrected chi connectivity index (χ1v) is 9.19. The number of rotatable bonds is 9. The summed E-state index contributed by atoms with van der Waals surface area (Å²) in [6.07, 6.45) is 0. The van der Waals surface area contributed by atoms with Gasteiger partial charge in [0, 0.05) is 29.5 Å². The zero-order valence-corrected chi connectivity index (χ0v) is 19.0. The van der Waals surface area contributed by atoms with E-state index in [0.717, 1.165) is 25.2 Å². The van der Waals surface area contributed by atoms with Gasteiger partial charge in [0.1, 0.15) is 6.61 Å². The summed E-state index contributed by atoms with van der Waals surface area (Å²) in [4.78, 5) is 14.9. The second-order valence-corrected chi connectivity index (χ2v) is 6.27. The van der Waals surface area contributed by atoms with E-state index in [0.29, 0.717) is 35.0 Å². The highest BCUT2D eigenvalue weighted by Gasteiger charge is 2.12. The first-order chi connectivity index (χ1) is 13.0. The van der Waals surface area contributed by atoms with Crippen molar-refractivity contribution in [2.24, 2.45) is 0 Å². The Bertz CT molecular complexity index is 784. The molecule has 1 amide bonds. The van der Waals surface area contributed by atoms with Crippen molar-refractivity contribution in [1.82, 2.24) is 4.90 Å². The van der Waals surface area contributed by atoms with Crippen LogP contribution in [0.2, 0.25) is 0 Å². The highest BCUT2D eigenvalue weighted by Crippen LogP contribution is 2.30. The van der Waals surface area contributed by atoms with E-state index in [1.807, 2.05) is 13.0 Å². The van der Waals surface area contributed by atoms with Gasteiger partial charge in [-0.05, 0) is 49.8 Å². The molecule has 3 N–H and O–H groups in total. The largest absolute Gasteiger partial charge is 0.493 e. The zero-order chi connectivity index (χ0) is 19.8. The number of carbonyl (C=O) groups excluding carboxylic acids is 1. The molecule has 0 heterocycles. The zero-order valence-electron chi connectivity index (χ0n) is 17.4. The van der Waals surface area contributed by atoms with Gasteiger partial charge in [-0.2, -0.15) is 0 Å². The Morgan fingerprint density at radius 2 is 1.76 bits per heavy atom. The van der Waals surface area contributed by atoms with Crippen molar-refractivity contribution in [3.8, 4) is 11.5 Å². The van der Waals surface area contributed by atoms with E-state index in [1.165, 1.54) is 0 Å². The molecule has 0 aliphatic carbocycles. The Balaban J connectivity index is 0.00000392. The topological polar surface area (TPSA) is 76.8 Å². The van der Waals surface area contributed by atoms with Crippen LogP contribution >= 0.6 is 24.8 Å². The van der Waals surface area contributed by atoms with Gasteiger partial charge in [-0.25, -0.2) is 0 Å². The minimum atomic E-state index is -0.209. The average Bonchev–Trinajstić information content (AvgIpc) is 2.67. The van der Waals surface area contributed by atoms with E-state index in [-0.39, 0.29) is 30.7 Å². The third-order valence-corrected chi connectivity index (χ3v) is 4.49. The molecule has 2 aromatic rings. The number of nitrogens with two attached hydrogens (primary N) is 1. The molecule has 0 unspecified atom stereocenters. The number of nitrogens with one attached hydrogen (secondary N) is 1. The second-order valence-electron chi connectivity index (χ2n) is 6.27. The number of methoxy groups -OCH3 is 1. The molecule has 0 aliphatic rings. The van der Waals surface area contributed by atoms with Gasteiger partial charge in [0.25, 0.3) is 5.91 Å². The van der Waals surface area contributed by atoms with E-state index in [2.05, 4.69) is 24.1 Å². The molecule has 2 rings (SSSR count). The molecule has 0 bridgehead atoms. The van der Waals surface area contributed by atoms with Crippen LogP contribution in [0.1, 0.15) is 29.8 Å². The molecule has 0 fully saturated rings. The lowest BCUT2D eigenvalue weighted by Crippen LogP contribution is -2.28. The van der Waals surface area contributed by atoms with Gasteiger partial charge >= 0.3 is 0 Å². The van der Waals surface area contributed by atoms with Gasteiger partial charge in [0.15, 0.2) is 11.5 Å². The first-order valence-electron chi connectivity index (χ1n) is 9.19. The number of likely N-dealkylation sites (N-methyl/N-ethyl adjacent to an activating group) is 1. The minimum absolute atomic E-state index is 0. The van der Waals surface area contributed by atoms with Crippen molar-refractivity contribution in [3.63, 3.8) is 0 Å². The van der Waals surface area contributed by atoms with Gasteiger partial charge in [0.2, 0.25) is 0 Å². The van der Waals surface area contributed by atoms with Crippen molar-refractivity contribution >= 4 is 42.1 Å². The Kier molecular flexibility index (Phi) is 12.2. The van der Waals surface area contributed by atoms with Crippen LogP contribution in [0.5, 0.6) is 11.5 Å². The van der Waals surface area contributed by atoms with Gasteiger partial charge in [-0.15, -0.1) is 24.8 Å². The van der Waals surface area contributed by atoms with E-state index < -0.39 is 0 Å². The fourth-order valence-corrected chi connectivity index (χ4v) is 2.77. The number of hydrogen-bond acceptors (Lipinski definition) is 5. The van der Waals surface area contributed by atoms with Gasteiger partial charge < -0.3 is 25.4 Å². The quantitative estimate of drug-likeness (QED) is 0.561. The van der Waals surface area contributed by atoms with Crippen LogP contribution in [0.4, 0.5) is 11.4 Å². The smallest absolute Gasteiger partial charge is 0.256 e. The second kappa shape index (κ2) is 13.1. The highest BCUT2D eigenvalue weighted by atomic mass is 35.5. The molecule has 0 saturated heterocycles. The Morgan fingerprint density at radius 3 is 2.38 bits per heavy atom. The number of ether oxygens (including phenoxy) is 2. The molecule has 162 valence electrons. The number of amides is 1. The number of aryl methyl sites for hydroxylation is 1. The summed E-state index contributed by atoms with van der Waals surface area (Å²) in [6, 6.07) is 10.6. The van der Waals surface area contributed by atoms with Gasteiger partial charge in [-0.3, -0.25) is 4.79 Å². The summed E-state index contributed by atoms with van der Waals surface area (Å²) in [5, 5.41) is 2.90. The first kappa shape index (κ1) is 26.9. The molecular formula is C21H31Cl2N3O3. The summed E-state index contributed by atoms with van der Waals surface area (Å²) >= 11 is 0. The maximum absolute atomic E-state index is 12.6. The normalized spacial score (nSPS) is 9.97. The molecule has 2 aromatic carbocycles. The van der Waals surface area contributed by atoms with Crippen molar-refractivity contribution < 1.29 is 14.3 Å². The summed E-state index contributed by atoms with van der Waals surface area (Å²) in [6.45, 7) is 9.46.